The first kappa shape index (κ1) is 18.7. The molecule has 2 aromatic rings. The fraction of sp³-hybridized carbons (Fsp3) is 0.500. The Morgan fingerprint density at radius 2 is 1.75 bits per heavy atom. The Hall–Kier alpha value is -2.63. The van der Waals surface area contributed by atoms with Gasteiger partial charge in [0.1, 0.15) is 0 Å². The van der Waals surface area contributed by atoms with E-state index in [4.69, 9.17) is 5.11 Å². The van der Waals surface area contributed by atoms with Crippen LogP contribution in [0.1, 0.15) is 59.4 Å². The second-order valence-electron chi connectivity index (χ2n) is 8.18. The molecule has 0 atom stereocenters. The van der Waals surface area contributed by atoms with Gasteiger partial charge in [-0.2, -0.15) is 5.10 Å². The Balaban J connectivity index is 1.47. The third-order valence-corrected chi connectivity index (χ3v) is 5.96. The van der Waals surface area contributed by atoms with Crippen LogP contribution in [-0.2, 0) is 11.2 Å². The average Bonchev–Trinajstić information content (AvgIpc) is 3.58. The number of carbonyl (C=O) groups excluding carboxylic acids is 1. The van der Waals surface area contributed by atoms with E-state index >= 15 is 0 Å². The number of hydrogen-bond donors (Lipinski definition) is 2. The van der Waals surface area contributed by atoms with Crippen LogP contribution in [0.4, 0.5) is 0 Å². The summed E-state index contributed by atoms with van der Waals surface area (Å²) in [7, 11) is 0. The predicted octanol–water partition coefficient (Wildman–Crippen LogP) is 3.42. The first-order valence-corrected chi connectivity index (χ1v) is 10.1. The van der Waals surface area contributed by atoms with Crippen molar-refractivity contribution in [1.29, 1.82) is 0 Å². The number of carbonyl (C=O) groups is 2. The number of aromatic nitrogens is 2. The first-order valence-electron chi connectivity index (χ1n) is 10.1. The molecule has 2 aliphatic carbocycles. The lowest BCUT2D eigenvalue weighted by Crippen LogP contribution is -2.38. The summed E-state index contributed by atoms with van der Waals surface area (Å²) >= 11 is 0. The van der Waals surface area contributed by atoms with Crippen LogP contribution in [0.3, 0.4) is 0 Å². The summed E-state index contributed by atoms with van der Waals surface area (Å²) in [5, 5.41) is 16.8. The minimum Gasteiger partial charge on any atom is -0.481 e. The number of nitrogens with zero attached hydrogens (tertiary/aromatic N) is 2. The van der Waals surface area contributed by atoms with Crippen LogP contribution in [0.5, 0.6) is 0 Å². The molecule has 0 bridgehead atoms. The summed E-state index contributed by atoms with van der Waals surface area (Å²) in [5.74, 6) is 0.549. The molecule has 2 N–H and O–H groups in total. The number of aliphatic carboxylic acids is 1. The molecular formula is C22H27N3O3. The van der Waals surface area contributed by atoms with Crippen LogP contribution < -0.4 is 5.32 Å². The van der Waals surface area contributed by atoms with E-state index in [9.17, 15) is 9.59 Å². The van der Waals surface area contributed by atoms with Gasteiger partial charge in [0.2, 0.25) is 0 Å². The number of carboxylic acids is 1. The molecule has 0 spiro atoms. The quantitative estimate of drug-likeness (QED) is 0.734. The van der Waals surface area contributed by atoms with E-state index in [-0.39, 0.29) is 12.3 Å². The minimum absolute atomic E-state index is 0.00543. The molecule has 0 aliphatic heterocycles. The third-order valence-electron chi connectivity index (χ3n) is 5.96. The lowest BCUT2D eigenvalue weighted by Gasteiger charge is -2.17. The topological polar surface area (TPSA) is 84.2 Å². The van der Waals surface area contributed by atoms with Crippen molar-refractivity contribution < 1.29 is 14.7 Å². The molecule has 0 saturated heterocycles. The summed E-state index contributed by atoms with van der Waals surface area (Å²) in [6.45, 7) is 3.85. The van der Waals surface area contributed by atoms with Crippen molar-refractivity contribution in [3.63, 3.8) is 0 Å². The second-order valence-corrected chi connectivity index (χ2v) is 8.18. The summed E-state index contributed by atoms with van der Waals surface area (Å²) in [5.41, 5.74) is 4.30. The summed E-state index contributed by atoms with van der Waals surface area (Å²) in [4.78, 5) is 23.5. The molecule has 0 radical (unpaired) electrons. The summed E-state index contributed by atoms with van der Waals surface area (Å²) < 4.78 is 1.82. The molecule has 1 heterocycles. The Morgan fingerprint density at radius 3 is 2.29 bits per heavy atom. The number of carboxylic acid groups (broad SMARTS) is 1. The van der Waals surface area contributed by atoms with E-state index in [1.807, 2.05) is 42.8 Å². The lowest BCUT2D eigenvalue weighted by atomic mass is 10.1. The van der Waals surface area contributed by atoms with E-state index in [1.165, 1.54) is 25.7 Å². The van der Waals surface area contributed by atoms with Crippen LogP contribution in [0, 0.1) is 25.7 Å². The van der Waals surface area contributed by atoms with Gasteiger partial charge < -0.3 is 10.4 Å². The van der Waals surface area contributed by atoms with Crippen molar-refractivity contribution in [2.45, 2.75) is 58.4 Å². The third kappa shape index (κ3) is 3.96. The predicted molar refractivity (Wildman–Crippen MR) is 106 cm³/mol. The van der Waals surface area contributed by atoms with Gasteiger partial charge in [0.25, 0.3) is 5.91 Å². The number of aryl methyl sites for hydroxylation is 1. The maximum atomic E-state index is 12.7. The summed E-state index contributed by atoms with van der Waals surface area (Å²) in [6.07, 6.45) is 5.52. The van der Waals surface area contributed by atoms with Crippen molar-refractivity contribution >= 4 is 11.9 Å². The molecule has 0 unspecified atom stereocenters. The number of hydrogen-bond acceptors (Lipinski definition) is 3. The highest BCUT2D eigenvalue weighted by atomic mass is 16.4. The Labute approximate surface area is 164 Å². The zero-order valence-corrected chi connectivity index (χ0v) is 16.4. The van der Waals surface area contributed by atoms with Gasteiger partial charge in [0.05, 0.1) is 11.4 Å². The number of amides is 1. The smallest absolute Gasteiger partial charge is 0.303 e. The average molecular weight is 381 g/mol. The zero-order valence-electron chi connectivity index (χ0n) is 16.4. The van der Waals surface area contributed by atoms with Gasteiger partial charge in [-0.15, -0.1) is 0 Å². The zero-order chi connectivity index (χ0) is 19.8. The van der Waals surface area contributed by atoms with E-state index in [1.54, 1.807) is 0 Å². The molecule has 148 valence electrons. The molecule has 1 aromatic heterocycles. The largest absolute Gasteiger partial charge is 0.481 e. The maximum absolute atomic E-state index is 12.7. The Kier molecular flexibility index (Phi) is 4.96. The number of nitrogens with one attached hydrogen (secondary N) is 1. The van der Waals surface area contributed by atoms with E-state index in [0.29, 0.717) is 29.9 Å². The molecule has 2 fully saturated rings. The molecule has 1 amide bonds. The van der Waals surface area contributed by atoms with Crippen molar-refractivity contribution in [3.8, 4) is 5.69 Å². The van der Waals surface area contributed by atoms with Crippen LogP contribution in [-0.4, -0.2) is 32.8 Å². The lowest BCUT2D eigenvalue weighted by molar-refractivity contribution is -0.136. The highest BCUT2D eigenvalue weighted by Gasteiger charge is 2.42. The molecule has 6 nitrogen and oxygen atoms in total. The van der Waals surface area contributed by atoms with Crippen LogP contribution >= 0.6 is 0 Å². The minimum atomic E-state index is -0.808. The van der Waals surface area contributed by atoms with E-state index in [0.717, 1.165) is 22.6 Å². The van der Waals surface area contributed by atoms with Gasteiger partial charge >= 0.3 is 5.97 Å². The van der Waals surface area contributed by atoms with Gasteiger partial charge in [-0.05, 0) is 87.6 Å². The van der Waals surface area contributed by atoms with Crippen molar-refractivity contribution in [1.82, 2.24) is 15.1 Å². The molecule has 28 heavy (non-hydrogen) atoms. The Morgan fingerprint density at radius 1 is 1.14 bits per heavy atom. The normalized spacial score (nSPS) is 16.4. The van der Waals surface area contributed by atoms with Crippen molar-refractivity contribution in [2.24, 2.45) is 11.8 Å². The van der Waals surface area contributed by atoms with Crippen LogP contribution in [0.25, 0.3) is 5.69 Å². The van der Waals surface area contributed by atoms with Crippen LogP contribution in [0.2, 0.25) is 0 Å². The van der Waals surface area contributed by atoms with Gasteiger partial charge in [0.15, 0.2) is 0 Å². The van der Waals surface area contributed by atoms with Gasteiger partial charge in [0, 0.05) is 23.7 Å². The maximum Gasteiger partial charge on any atom is 0.303 e. The molecule has 1 aromatic carbocycles. The molecule has 2 saturated carbocycles. The fourth-order valence-corrected chi connectivity index (χ4v) is 4.04. The van der Waals surface area contributed by atoms with E-state index in [2.05, 4.69) is 10.4 Å². The van der Waals surface area contributed by atoms with Crippen LogP contribution in [0.15, 0.2) is 24.3 Å². The van der Waals surface area contributed by atoms with E-state index < -0.39 is 5.97 Å². The molecule has 4 rings (SSSR count). The fourth-order valence-electron chi connectivity index (χ4n) is 4.04. The van der Waals surface area contributed by atoms with Gasteiger partial charge in [-0.1, -0.05) is 0 Å². The molecule has 6 heteroatoms. The number of benzene rings is 1. The number of rotatable bonds is 8. The standard InChI is InChI=1S/C22H27N3O3/c1-13-19(11-12-20(26)27)14(2)25(24-13)18-9-7-17(8-10-18)22(28)23-21(15-3-4-15)16-5-6-16/h7-10,15-16,21H,3-6,11-12H2,1-2H3,(H,23,28)(H,26,27). The second kappa shape index (κ2) is 7.41. The monoisotopic (exact) mass is 381 g/mol. The summed E-state index contributed by atoms with van der Waals surface area (Å²) in [6, 6.07) is 7.83. The van der Waals surface area contributed by atoms with Gasteiger partial charge in [-0.25, -0.2) is 4.68 Å². The Bertz CT molecular complexity index is 880. The highest BCUT2D eigenvalue weighted by molar-refractivity contribution is 5.94. The first-order chi connectivity index (χ1) is 13.4. The van der Waals surface area contributed by atoms with Crippen molar-refractivity contribution in [2.75, 3.05) is 0 Å². The van der Waals surface area contributed by atoms with Gasteiger partial charge in [-0.3, -0.25) is 9.59 Å². The molecule has 2 aliphatic rings. The highest BCUT2D eigenvalue weighted by Crippen LogP contribution is 2.44. The molecular weight excluding hydrogens is 354 g/mol. The SMILES string of the molecule is Cc1nn(-c2ccc(C(=O)NC(C3CC3)C3CC3)cc2)c(C)c1CCC(=O)O. The van der Waals surface area contributed by atoms with Crippen molar-refractivity contribution in [3.05, 3.63) is 46.8 Å².